The molecular weight excluding hydrogens is 162 g/mol. The predicted octanol–water partition coefficient (Wildman–Crippen LogP) is 2.73. The second-order valence-electron chi connectivity index (χ2n) is 1.85. The van der Waals surface area contributed by atoms with Gasteiger partial charge in [0.1, 0.15) is 4.34 Å². The van der Waals surface area contributed by atoms with Gasteiger partial charge in [-0.15, -0.1) is 17.9 Å². The van der Waals surface area contributed by atoms with E-state index in [1.807, 2.05) is 13.0 Å². The average molecular weight is 171 g/mol. The minimum atomic E-state index is 0.951. The number of thioether (sulfide) groups is 1. The van der Waals surface area contributed by atoms with Crippen molar-refractivity contribution in [3.8, 4) is 0 Å². The van der Waals surface area contributed by atoms with Crippen LogP contribution >= 0.6 is 23.1 Å². The Morgan fingerprint density at radius 1 is 1.90 bits per heavy atom. The minimum Gasteiger partial charge on any atom is -0.235 e. The minimum absolute atomic E-state index is 0.951. The Bertz CT molecular complexity index is 217. The molecule has 54 valence electrons. The summed E-state index contributed by atoms with van der Waals surface area (Å²) < 4.78 is 1.14. The van der Waals surface area contributed by atoms with Crippen molar-refractivity contribution in [3.05, 3.63) is 23.7 Å². The van der Waals surface area contributed by atoms with E-state index in [1.165, 1.54) is 0 Å². The highest BCUT2D eigenvalue weighted by Gasteiger charge is 1.95. The van der Waals surface area contributed by atoms with Gasteiger partial charge in [-0.05, 0) is 6.92 Å². The topological polar surface area (TPSA) is 12.9 Å². The van der Waals surface area contributed by atoms with Crippen LogP contribution in [0.2, 0.25) is 0 Å². The molecule has 0 aliphatic heterocycles. The van der Waals surface area contributed by atoms with Crippen molar-refractivity contribution in [2.45, 2.75) is 11.3 Å². The molecule has 0 amide bonds. The molecule has 0 saturated carbocycles. The zero-order valence-electron chi connectivity index (χ0n) is 5.83. The number of aryl methyl sites for hydroxylation is 1. The van der Waals surface area contributed by atoms with Gasteiger partial charge in [0.05, 0.1) is 0 Å². The summed E-state index contributed by atoms with van der Waals surface area (Å²) in [6.07, 6.45) is 1.89. The average Bonchev–Trinajstić information content (AvgIpc) is 2.31. The number of hydrogen-bond acceptors (Lipinski definition) is 3. The van der Waals surface area contributed by atoms with E-state index in [9.17, 15) is 0 Å². The third-order valence-corrected chi connectivity index (χ3v) is 3.06. The second kappa shape index (κ2) is 3.78. The first-order valence-electron chi connectivity index (χ1n) is 2.99. The number of aromatic nitrogens is 1. The molecule has 0 spiro atoms. The Morgan fingerprint density at radius 2 is 2.70 bits per heavy atom. The first-order valence-corrected chi connectivity index (χ1v) is 4.85. The maximum absolute atomic E-state index is 4.28. The Balaban J connectivity index is 2.49. The van der Waals surface area contributed by atoms with E-state index in [0.717, 1.165) is 15.8 Å². The zero-order valence-corrected chi connectivity index (χ0v) is 7.47. The Kier molecular flexibility index (Phi) is 2.96. The van der Waals surface area contributed by atoms with Crippen LogP contribution in [0, 0.1) is 6.92 Å². The molecule has 1 heterocycles. The van der Waals surface area contributed by atoms with Gasteiger partial charge in [-0.2, -0.15) is 0 Å². The molecule has 0 aliphatic rings. The molecule has 1 aromatic heterocycles. The van der Waals surface area contributed by atoms with Crippen LogP contribution in [-0.2, 0) is 0 Å². The molecule has 0 aliphatic carbocycles. The van der Waals surface area contributed by atoms with E-state index in [1.54, 1.807) is 23.1 Å². The fourth-order valence-corrected chi connectivity index (χ4v) is 2.14. The third kappa shape index (κ3) is 2.15. The van der Waals surface area contributed by atoms with E-state index in [0.29, 0.717) is 0 Å². The highest BCUT2D eigenvalue weighted by Crippen LogP contribution is 2.21. The highest BCUT2D eigenvalue weighted by molar-refractivity contribution is 8.01. The van der Waals surface area contributed by atoms with Gasteiger partial charge >= 0.3 is 0 Å². The molecule has 1 rings (SSSR count). The van der Waals surface area contributed by atoms with Gasteiger partial charge in [0.25, 0.3) is 0 Å². The second-order valence-corrected chi connectivity index (χ2v) is 3.98. The molecule has 10 heavy (non-hydrogen) atoms. The summed E-state index contributed by atoms with van der Waals surface area (Å²) in [5.74, 6) is 0.951. The van der Waals surface area contributed by atoms with Gasteiger partial charge in [0.15, 0.2) is 0 Å². The first-order chi connectivity index (χ1) is 4.83. The molecule has 3 heteroatoms. The molecule has 0 N–H and O–H groups in total. The van der Waals surface area contributed by atoms with Crippen molar-refractivity contribution in [1.29, 1.82) is 0 Å². The fraction of sp³-hybridized carbons (Fsp3) is 0.286. The first kappa shape index (κ1) is 7.82. The van der Waals surface area contributed by atoms with Crippen molar-refractivity contribution in [2.75, 3.05) is 5.75 Å². The summed E-state index contributed by atoms with van der Waals surface area (Å²) in [5.41, 5.74) is 1.11. The van der Waals surface area contributed by atoms with Crippen LogP contribution in [0.4, 0.5) is 0 Å². The largest absolute Gasteiger partial charge is 0.235 e. The van der Waals surface area contributed by atoms with Gasteiger partial charge in [-0.25, -0.2) is 4.98 Å². The monoisotopic (exact) mass is 171 g/mol. The summed E-state index contributed by atoms with van der Waals surface area (Å²) in [4.78, 5) is 4.28. The predicted molar refractivity (Wildman–Crippen MR) is 47.8 cm³/mol. The van der Waals surface area contributed by atoms with Crippen LogP contribution < -0.4 is 0 Å². The van der Waals surface area contributed by atoms with Crippen molar-refractivity contribution in [2.24, 2.45) is 0 Å². The molecule has 0 atom stereocenters. The highest BCUT2D eigenvalue weighted by atomic mass is 32.2. The van der Waals surface area contributed by atoms with Crippen LogP contribution in [0.15, 0.2) is 22.4 Å². The smallest absolute Gasteiger partial charge is 0.150 e. The lowest BCUT2D eigenvalue weighted by atomic mass is 10.6. The SMILES string of the molecule is C=CCSc1nc(C)cs1. The number of hydrogen-bond donors (Lipinski definition) is 0. The Hall–Kier alpha value is -0.280. The normalized spacial score (nSPS) is 9.70. The fourth-order valence-electron chi connectivity index (χ4n) is 0.529. The van der Waals surface area contributed by atoms with E-state index in [-0.39, 0.29) is 0 Å². The molecule has 0 radical (unpaired) electrons. The lowest BCUT2D eigenvalue weighted by Crippen LogP contribution is -1.71. The molecule has 1 aromatic rings. The summed E-state index contributed by atoms with van der Waals surface area (Å²) in [6, 6.07) is 0. The van der Waals surface area contributed by atoms with E-state index < -0.39 is 0 Å². The van der Waals surface area contributed by atoms with Crippen LogP contribution in [0.25, 0.3) is 0 Å². The van der Waals surface area contributed by atoms with Crippen LogP contribution in [0.5, 0.6) is 0 Å². The summed E-state index contributed by atoms with van der Waals surface area (Å²) in [7, 11) is 0. The third-order valence-electron chi connectivity index (χ3n) is 0.923. The van der Waals surface area contributed by atoms with Gasteiger partial charge in [-0.3, -0.25) is 0 Å². The molecule has 0 aromatic carbocycles. The molecule has 0 saturated heterocycles. The zero-order chi connectivity index (χ0) is 7.40. The molecular formula is C7H9NS2. The van der Waals surface area contributed by atoms with Crippen molar-refractivity contribution >= 4 is 23.1 Å². The van der Waals surface area contributed by atoms with E-state index in [4.69, 9.17) is 0 Å². The lowest BCUT2D eigenvalue weighted by molar-refractivity contribution is 1.16. The van der Waals surface area contributed by atoms with Crippen molar-refractivity contribution < 1.29 is 0 Å². The number of nitrogens with zero attached hydrogens (tertiary/aromatic N) is 1. The summed E-state index contributed by atoms with van der Waals surface area (Å²) >= 11 is 3.42. The lowest BCUT2D eigenvalue weighted by Gasteiger charge is -1.86. The van der Waals surface area contributed by atoms with Crippen molar-refractivity contribution in [1.82, 2.24) is 4.98 Å². The quantitative estimate of drug-likeness (QED) is 0.512. The number of rotatable bonds is 3. The molecule has 1 nitrogen and oxygen atoms in total. The van der Waals surface area contributed by atoms with Crippen LogP contribution in [0.3, 0.4) is 0 Å². The van der Waals surface area contributed by atoms with Gasteiger partial charge in [-0.1, -0.05) is 17.8 Å². The molecule has 0 unspecified atom stereocenters. The van der Waals surface area contributed by atoms with Crippen molar-refractivity contribution in [3.63, 3.8) is 0 Å². The van der Waals surface area contributed by atoms with Gasteiger partial charge < -0.3 is 0 Å². The van der Waals surface area contributed by atoms with Gasteiger partial charge in [0.2, 0.25) is 0 Å². The maximum atomic E-state index is 4.28. The van der Waals surface area contributed by atoms with E-state index in [2.05, 4.69) is 16.9 Å². The Morgan fingerprint density at radius 3 is 3.20 bits per heavy atom. The molecule has 0 fully saturated rings. The number of thiazole rings is 1. The van der Waals surface area contributed by atoms with E-state index >= 15 is 0 Å². The summed E-state index contributed by atoms with van der Waals surface area (Å²) in [6.45, 7) is 5.65. The molecule has 0 bridgehead atoms. The Labute approximate surface area is 69.2 Å². The van der Waals surface area contributed by atoms with Crippen LogP contribution in [-0.4, -0.2) is 10.7 Å². The summed E-state index contributed by atoms with van der Waals surface area (Å²) in [5, 5.41) is 2.06. The standard InChI is InChI=1S/C7H9NS2/c1-3-4-9-7-8-6(2)5-10-7/h3,5H,1,4H2,2H3. The van der Waals surface area contributed by atoms with Gasteiger partial charge in [0, 0.05) is 16.8 Å². The van der Waals surface area contributed by atoms with Crippen LogP contribution in [0.1, 0.15) is 5.69 Å². The maximum Gasteiger partial charge on any atom is 0.150 e.